The summed E-state index contributed by atoms with van der Waals surface area (Å²) in [6.07, 6.45) is 0. The van der Waals surface area contributed by atoms with Gasteiger partial charge in [-0.1, -0.05) is 18.2 Å². The second-order valence-electron chi connectivity index (χ2n) is 7.68. The molecule has 0 aliphatic carbocycles. The summed E-state index contributed by atoms with van der Waals surface area (Å²) in [5.41, 5.74) is 1.33. The monoisotopic (exact) mass is 510 g/mol. The molecule has 1 heterocycles. The molecule has 0 bridgehead atoms. The third-order valence-corrected chi connectivity index (χ3v) is 5.51. The van der Waals surface area contributed by atoms with Gasteiger partial charge in [0.05, 0.1) is 34.1 Å². The lowest BCUT2D eigenvalue weighted by Gasteiger charge is -2.14. The van der Waals surface area contributed by atoms with Crippen molar-refractivity contribution in [3.63, 3.8) is 0 Å². The summed E-state index contributed by atoms with van der Waals surface area (Å²) >= 11 is 0. The van der Waals surface area contributed by atoms with Crippen molar-refractivity contribution in [1.29, 1.82) is 0 Å². The van der Waals surface area contributed by atoms with E-state index in [1.165, 1.54) is 39.2 Å². The molecule has 37 heavy (non-hydrogen) atoms. The van der Waals surface area contributed by atoms with Crippen LogP contribution in [-0.2, 0) is 6.54 Å². The van der Waals surface area contributed by atoms with Crippen molar-refractivity contribution in [1.82, 2.24) is 20.1 Å². The molecule has 4 aromatic rings. The van der Waals surface area contributed by atoms with Gasteiger partial charge in [0.1, 0.15) is 5.75 Å². The molecular weight excluding hydrogens is 486 g/mol. The molecule has 0 spiro atoms. The minimum absolute atomic E-state index is 0.152. The number of hydrogen-bond donors (Lipinski definition) is 1. The number of methoxy groups -OCH3 is 4. The molecule has 0 saturated carbocycles. The van der Waals surface area contributed by atoms with E-state index in [0.717, 1.165) is 17.7 Å². The predicted molar refractivity (Wildman–Crippen MR) is 131 cm³/mol. The molecule has 0 unspecified atom stereocenters. The van der Waals surface area contributed by atoms with E-state index >= 15 is 0 Å². The van der Waals surface area contributed by atoms with Gasteiger partial charge in [0, 0.05) is 23.7 Å². The third-order valence-electron chi connectivity index (χ3n) is 5.51. The lowest BCUT2D eigenvalue weighted by atomic mass is 10.1. The number of halogens is 2. The fraction of sp³-hybridized carbons (Fsp3) is 0.192. The average Bonchev–Trinajstić information content (AvgIpc) is 3.38. The number of para-hydroxylation sites is 1. The molecule has 1 N–H and O–H groups in total. The molecule has 1 amide bonds. The van der Waals surface area contributed by atoms with E-state index in [9.17, 15) is 13.6 Å². The molecule has 0 aliphatic rings. The van der Waals surface area contributed by atoms with Gasteiger partial charge >= 0.3 is 0 Å². The lowest BCUT2D eigenvalue weighted by molar-refractivity contribution is 0.0940. The van der Waals surface area contributed by atoms with Crippen molar-refractivity contribution in [2.24, 2.45) is 0 Å². The van der Waals surface area contributed by atoms with Gasteiger partial charge in [-0.25, -0.2) is 18.4 Å². The summed E-state index contributed by atoms with van der Waals surface area (Å²) in [6.45, 7) is 0.155. The molecule has 3 aromatic carbocycles. The molecule has 0 radical (unpaired) electrons. The molecule has 0 atom stereocenters. The van der Waals surface area contributed by atoms with Crippen LogP contribution in [-0.4, -0.2) is 49.1 Å². The van der Waals surface area contributed by atoms with Crippen molar-refractivity contribution in [3.05, 3.63) is 77.6 Å². The highest BCUT2D eigenvalue weighted by Crippen LogP contribution is 2.41. The maximum absolute atomic E-state index is 14.1. The molecule has 4 rings (SSSR count). The van der Waals surface area contributed by atoms with Crippen LogP contribution in [0.2, 0.25) is 0 Å². The van der Waals surface area contributed by atoms with Crippen LogP contribution < -0.4 is 24.3 Å². The fourth-order valence-electron chi connectivity index (χ4n) is 3.71. The molecular formula is C26H24F2N4O5. The highest BCUT2D eigenvalue weighted by atomic mass is 19.2. The minimum atomic E-state index is -1.08. The van der Waals surface area contributed by atoms with Crippen molar-refractivity contribution in [2.45, 2.75) is 6.54 Å². The Morgan fingerprint density at radius 1 is 0.865 bits per heavy atom. The first-order chi connectivity index (χ1) is 17.9. The van der Waals surface area contributed by atoms with Gasteiger partial charge in [-0.3, -0.25) is 4.79 Å². The van der Waals surface area contributed by atoms with Crippen molar-refractivity contribution in [3.8, 4) is 40.1 Å². The maximum Gasteiger partial charge on any atom is 0.291 e. The summed E-state index contributed by atoms with van der Waals surface area (Å²) in [7, 11) is 5.92. The Morgan fingerprint density at radius 2 is 1.54 bits per heavy atom. The van der Waals surface area contributed by atoms with Crippen LogP contribution in [0.15, 0.2) is 54.6 Å². The Morgan fingerprint density at radius 3 is 2.16 bits per heavy atom. The second-order valence-corrected chi connectivity index (χ2v) is 7.68. The zero-order valence-electron chi connectivity index (χ0n) is 20.5. The largest absolute Gasteiger partial charge is 0.496 e. The molecule has 0 saturated heterocycles. The van der Waals surface area contributed by atoms with E-state index in [-0.39, 0.29) is 23.9 Å². The third kappa shape index (κ3) is 5.15. The Bertz CT molecular complexity index is 1420. The van der Waals surface area contributed by atoms with Crippen LogP contribution in [0.1, 0.15) is 16.2 Å². The molecule has 9 nitrogen and oxygen atoms in total. The van der Waals surface area contributed by atoms with Gasteiger partial charge in [-0.05, 0) is 30.3 Å². The van der Waals surface area contributed by atoms with E-state index in [1.54, 1.807) is 18.2 Å². The Balaban J connectivity index is 1.78. The number of nitrogens with zero attached hydrogens (tertiary/aromatic N) is 3. The number of carbonyl (C=O) groups excluding carboxylic acids is 1. The average molecular weight is 510 g/mol. The number of carbonyl (C=O) groups is 1. The SMILES string of the molecule is COc1ccccc1CNC(=O)c1nc(-c2cc(OC)c(OC)c(OC)c2)n(-c2ccc(F)c(F)c2)n1. The number of benzene rings is 3. The molecule has 0 fully saturated rings. The van der Waals surface area contributed by atoms with Gasteiger partial charge in [-0.2, -0.15) is 0 Å². The minimum Gasteiger partial charge on any atom is -0.496 e. The molecule has 0 aliphatic heterocycles. The number of hydrogen-bond acceptors (Lipinski definition) is 7. The predicted octanol–water partition coefficient (Wildman–Crippen LogP) is 4.18. The number of nitrogens with one attached hydrogen (secondary N) is 1. The van der Waals surface area contributed by atoms with Crippen LogP contribution in [0.4, 0.5) is 8.78 Å². The number of aromatic nitrogens is 3. The first-order valence-electron chi connectivity index (χ1n) is 11.0. The van der Waals surface area contributed by atoms with Crippen LogP contribution in [0, 0.1) is 11.6 Å². The van der Waals surface area contributed by atoms with Crippen LogP contribution >= 0.6 is 0 Å². The van der Waals surface area contributed by atoms with Crippen molar-refractivity contribution in [2.75, 3.05) is 28.4 Å². The molecule has 1 aromatic heterocycles. The summed E-state index contributed by atoms with van der Waals surface area (Å²) in [5, 5.41) is 7.05. The quantitative estimate of drug-likeness (QED) is 0.361. The van der Waals surface area contributed by atoms with Gasteiger partial charge in [0.25, 0.3) is 5.91 Å². The van der Waals surface area contributed by atoms with Crippen molar-refractivity contribution >= 4 is 5.91 Å². The summed E-state index contributed by atoms with van der Waals surface area (Å²) in [4.78, 5) is 17.4. The first kappa shape index (κ1) is 25.4. The standard InChI is InChI=1S/C26H24F2N4O5/c1-34-20-8-6-5-7-15(20)14-29-26(33)24-30-25(32(31-24)17-9-10-18(27)19(28)13-17)16-11-21(35-2)23(37-4)22(12-16)36-3/h5-13H,14H2,1-4H3,(H,29,33). The van der Waals surface area contributed by atoms with Gasteiger partial charge in [0.15, 0.2) is 29.0 Å². The Kier molecular flexibility index (Phi) is 7.52. The molecule has 192 valence electrons. The van der Waals surface area contributed by atoms with Crippen LogP contribution in [0.5, 0.6) is 23.0 Å². The normalized spacial score (nSPS) is 10.6. The second kappa shape index (κ2) is 10.9. The Labute approximate surface area is 211 Å². The summed E-state index contributed by atoms with van der Waals surface area (Å²) in [6, 6.07) is 13.7. The van der Waals surface area contributed by atoms with E-state index < -0.39 is 17.5 Å². The number of amides is 1. The highest BCUT2D eigenvalue weighted by molar-refractivity contribution is 5.91. The topological polar surface area (TPSA) is 96.7 Å². The van der Waals surface area contributed by atoms with E-state index in [4.69, 9.17) is 18.9 Å². The summed E-state index contributed by atoms with van der Waals surface area (Å²) < 4.78 is 50.5. The van der Waals surface area contributed by atoms with Crippen molar-refractivity contribution < 1.29 is 32.5 Å². The van der Waals surface area contributed by atoms with E-state index in [2.05, 4.69) is 15.4 Å². The summed E-state index contributed by atoms with van der Waals surface area (Å²) in [5.74, 6) is -1.09. The zero-order chi connectivity index (χ0) is 26.5. The maximum atomic E-state index is 14.1. The zero-order valence-corrected chi connectivity index (χ0v) is 20.5. The number of rotatable bonds is 9. The smallest absolute Gasteiger partial charge is 0.291 e. The highest BCUT2D eigenvalue weighted by Gasteiger charge is 2.23. The van der Waals surface area contributed by atoms with Gasteiger partial charge in [-0.15, -0.1) is 5.10 Å². The van der Waals surface area contributed by atoms with Crippen LogP contribution in [0.3, 0.4) is 0 Å². The first-order valence-corrected chi connectivity index (χ1v) is 11.0. The van der Waals surface area contributed by atoms with Gasteiger partial charge in [0.2, 0.25) is 11.6 Å². The van der Waals surface area contributed by atoms with E-state index in [1.807, 2.05) is 18.2 Å². The number of ether oxygens (including phenoxy) is 4. The lowest BCUT2D eigenvalue weighted by Crippen LogP contribution is -2.24. The van der Waals surface area contributed by atoms with E-state index in [0.29, 0.717) is 28.6 Å². The van der Waals surface area contributed by atoms with Crippen LogP contribution in [0.25, 0.3) is 17.1 Å². The molecule has 11 heteroatoms. The Hall–Kier alpha value is -4.67. The van der Waals surface area contributed by atoms with Gasteiger partial charge < -0.3 is 24.3 Å². The fourth-order valence-corrected chi connectivity index (χ4v) is 3.71.